The molecule has 0 aliphatic rings. The van der Waals surface area contributed by atoms with Crippen molar-refractivity contribution in [3.8, 4) is 17.2 Å². The summed E-state index contributed by atoms with van der Waals surface area (Å²) in [6, 6.07) is 9.51. The number of hydrogen-bond acceptors (Lipinski definition) is 6. The lowest BCUT2D eigenvalue weighted by Gasteiger charge is -2.21. The Hall–Kier alpha value is -2.49. The molecule has 2 aromatic rings. The molecule has 0 aliphatic carbocycles. The quantitative estimate of drug-likeness (QED) is 0.542. The van der Waals surface area contributed by atoms with Crippen LogP contribution in [0.25, 0.3) is 0 Å². The molecule has 1 N–H and O–H groups in total. The summed E-state index contributed by atoms with van der Waals surface area (Å²) in [6.45, 7) is 3.76. The van der Waals surface area contributed by atoms with Gasteiger partial charge < -0.3 is 19.5 Å². The Labute approximate surface area is 188 Å². The topological polar surface area (TPSA) is 94.2 Å². The van der Waals surface area contributed by atoms with Crippen molar-refractivity contribution in [3.63, 3.8) is 0 Å². The minimum atomic E-state index is -3.93. The van der Waals surface area contributed by atoms with E-state index in [4.69, 9.17) is 25.8 Å². The van der Waals surface area contributed by atoms with Crippen molar-refractivity contribution in [2.75, 3.05) is 33.9 Å². The van der Waals surface area contributed by atoms with Gasteiger partial charge in [-0.25, -0.2) is 8.42 Å². The molecule has 10 heteroatoms. The third kappa shape index (κ3) is 6.03. The fraction of sp³-hybridized carbons (Fsp3) is 0.381. The maximum atomic E-state index is 13.0. The lowest BCUT2D eigenvalue weighted by Crippen LogP contribution is -2.40. The number of rotatable bonds is 11. The molecule has 1 amide bonds. The predicted molar refractivity (Wildman–Crippen MR) is 118 cm³/mol. The molecule has 0 aliphatic heterocycles. The average molecular weight is 471 g/mol. The van der Waals surface area contributed by atoms with E-state index < -0.39 is 15.9 Å². The highest BCUT2D eigenvalue weighted by Gasteiger charge is 2.26. The van der Waals surface area contributed by atoms with Crippen molar-refractivity contribution >= 4 is 27.5 Å². The molecule has 0 saturated carbocycles. The molecule has 0 radical (unpaired) electrons. The van der Waals surface area contributed by atoms with Crippen LogP contribution in [0.1, 0.15) is 19.4 Å². The van der Waals surface area contributed by atoms with Crippen LogP contribution in [0.5, 0.6) is 17.2 Å². The number of halogens is 1. The van der Waals surface area contributed by atoms with Crippen LogP contribution in [-0.2, 0) is 21.4 Å². The van der Waals surface area contributed by atoms with Crippen molar-refractivity contribution < 1.29 is 27.4 Å². The van der Waals surface area contributed by atoms with Crippen molar-refractivity contribution in [2.24, 2.45) is 0 Å². The van der Waals surface area contributed by atoms with Gasteiger partial charge in [-0.1, -0.05) is 24.6 Å². The highest BCUT2D eigenvalue weighted by atomic mass is 35.5. The third-order valence-electron chi connectivity index (χ3n) is 4.51. The fourth-order valence-electron chi connectivity index (χ4n) is 2.94. The molecule has 0 aromatic heterocycles. The first-order valence-electron chi connectivity index (χ1n) is 9.67. The molecule has 2 aromatic carbocycles. The van der Waals surface area contributed by atoms with E-state index in [0.29, 0.717) is 29.4 Å². The summed E-state index contributed by atoms with van der Waals surface area (Å²) < 4.78 is 43.0. The second-order valence-corrected chi connectivity index (χ2v) is 8.72. The lowest BCUT2D eigenvalue weighted by molar-refractivity contribution is -0.121. The zero-order chi connectivity index (χ0) is 23.0. The van der Waals surface area contributed by atoms with Crippen molar-refractivity contribution in [1.82, 2.24) is 9.62 Å². The number of carbonyl (C=O) groups excluding carboxylic acids is 1. The summed E-state index contributed by atoms with van der Waals surface area (Å²) in [6.07, 6.45) is 0. The second kappa shape index (κ2) is 11.2. The summed E-state index contributed by atoms with van der Waals surface area (Å²) in [7, 11) is -0.883. The van der Waals surface area contributed by atoms with Crippen molar-refractivity contribution in [3.05, 3.63) is 47.0 Å². The van der Waals surface area contributed by atoms with Gasteiger partial charge in [0.1, 0.15) is 17.2 Å². The number of nitrogens with one attached hydrogen (secondary N) is 1. The monoisotopic (exact) mass is 470 g/mol. The number of hydrogen-bond donors (Lipinski definition) is 1. The first kappa shape index (κ1) is 24.8. The minimum Gasteiger partial charge on any atom is -0.496 e. The molecule has 31 heavy (non-hydrogen) atoms. The molecule has 0 saturated heterocycles. The zero-order valence-corrected chi connectivity index (χ0v) is 19.5. The van der Waals surface area contributed by atoms with Gasteiger partial charge in [-0.15, -0.1) is 0 Å². The van der Waals surface area contributed by atoms with Gasteiger partial charge in [-0.05, 0) is 37.3 Å². The van der Waals surface area contributed by atoms with Gasteiger partial charge in [0.25, 0.3) is 0 Å². The van der Waals surface area contributed by atoms with Crippen molar-refractivity contribution in [2.45, 2.75) is 25.3 Å². The van der Waals surface area contributed by atoms with Gasteiger partial charge in [-0.2, -0.15) is 4.31 Å². The van der Waals surface area contributed by atoms with Gasteiger partial charge in [0.05, 0.1) is 49.4 Å². The summed E-state index contributed by atoms with van der Waals surface area (Å²) in [5, 5.41) is 2.91. The van der Waals surface area contributed by atoms with Gasteiger partial charge in [0.15, 0.2) is 0 Å². The number of ether oxygens (including phenoxy) is 3. The Kier molecular flexibility index (Phi) is 8.97. The number of carbonyl (C=O) groups is 1. The van der Waals surface area contributed by atoms with E-state index in [1.165, 1.54) is 32.4 Å². The molecular weight excluding hydrogens is 444 g/mol. The Morgan fingerprint density at radius 3 is 2.23 bits per heavy atom. The number of likely N-dealkylation sites (N-methyl/N-ethyl adjacent to an activating group) is 1. The van der Waals surface area contributed by atoms with Gasteiger partial charge >= 0.3 is 0 Å². The van der Waals surface area contributed by atoms with Crippen LogP contribution in [0.4, 0.5) is 0 Å². The summed E-state index contributed by atoms with van der Waals surface area (Å²) in [5.74, 6) is 1.05. The molecule has 0 heterocycles. The molecule has 0 fully saturated rings. The molecule has 2 rings (SSSR count). The smallest absolute Gasteiger partial charge is 0.243 e. The maximum Gasteiger partial charge on any atom is 0.243 e. The third-order valence-corrected chi connectivity index (χ3v) is 6.72. The van der Waals surface area contributed by atoms with Crippen molar-refractivity contribution in [1.29, 1.82) is 0 Å². The average Bonchev–Trinajstić information content (AvgIpc) is 2.76. The number of methoxy groups -OCH3 is 2. The van der Waals surface area contributed by atoms with Crippen LogP contribution in [-0.4, -0.2) is 52.5 Å². The summed E-state index contributed by atoms with van der Waals surface area (Å²) in [5.41, 5.74) is 0.657. The number of sulfonamides is 1. The highest BCUT2D eigenvalue weighted by molar-refractivity contribution is 7.89. The zero-order valence-electron chi connectivity index (χ0n) is 18.0. The first-order valence-corrected chi connectivity index (χ1v) is 11.5. The van der Waals surface area contributed by atoms with Gasteiger partial charge in [-0.3, -0.25) is 4.79 Å². The maximum absolute atomic E-state index is 13.0. The standard InChI is InChI=1S/C21H27ClN2O6S/c1-5-24(31(26,27)15-10-11-20(30-6-2)17(22)12-15)14-21(25)23-13-16-18(28-3)8-7-9-19(16)29-4/h7-12H,5-6,13-14H2,1-4H3,(H,23,25). The normalized spacial score (nSPS) is 11.3. The van der Waals surface area contributed by atoms with Crippen LogP contribution in [0.3, 0.4) is 0 Å². The van der Waals surface area contributed by atoms with E-state index >= 15 is 0 Å². The number of benzene rings is 2. The van der Waals surface area contributed by atoms with E-state index in [0.717, 1.165) is 4.31 Å². The van der Waals surface area contributed by atoms with E-state index in [2.05, 4.69) is 5.32 Å². The van der Waals surface area contributed by atoms with E-state index in [1.807, 2.05) is 0 Å². The van der Waals surface area contributed by atoms with Crippen LogP contribution in [0, 0.1) is 0 Å². The first-order chi connectivity index (χ1) is 14.8. The molecule has 0 spiro atoms. The molecule has 0 unspecified atom stereocenters. The minimum absolute atomic E-state index is 0.0120. The fourth-order valence-corrected chi connectivity index (χ4v) is 4.67. The molecular formula is C21H27ClN2O6S. The largest absolute Gasteiger partial charge is 0.496 e. The molecule has 8 nitrogen and oxygen atoms in total. The van der Waals surface area contributed by atoms with Crippen LogP contribution in [0.15, 0.2) is 41.3 Å². The van der Waals surface area contributed by atoms with Gasteiger partial charge in [0.2, 0.25) is 15.9 Å². The van der Waals surface area contributed by atoms with Crippen LogP contribution >= 0.6 is 11.6 Å². The SMILES string of the molecule is CCOc1ccc(S(=O)(=O)N(CC)CC(=O)NCc2c(OC)cccc2OC)cc1Cl. The van der Waals surface area contributed by atoms with E-state index in [9.17, 15) is 13.2 Å². The van der Waals surface area contributed by atoms with Crippen LogP contribution < -0.4 is 19.5 Å². The van der Waals surface area contributed by atoms with E-state index in [-0.39, 0.29) is 29.6 Å². The highest BCUT2D eigenvalue weighted by Crippen LogP contribution is 2.29. The summed E-state index contributed by atoms with van der Waals surface area (Å²) >= 11 is 6.13. The van der Waals surface area contributed by atoms with Gasteiger partial charge in [0, 0.05) is 6.54 Å². The second-order valence-electron chi connectivity index (χ2n) is 6.37. The predicted octanol–water partition coefficient (Wildman–Crippen LogP) is 3.08. The number of nitrogens with zero attached hydrogens (tertiary/aromatic N) is 1. The lowest BCUT2D eigenvalue weighted by atomic mass is 10.1. The van der Waals surface area contributed by atoms with Crippen LogP contribution in [0.2, 0.25) is 5.02 Å². The molecule has 0 bridgehead atoms. The molecule has 170 valence electrons. The molecule has 0 atom stereocenters. The Morgan fingerprint density at radius 1 is 1.06 bits per heavy atom. The summed E-state index contributed by atoms with van der Waals surface area (Å²) in [4.78, 5) is 12.5. The number of amides is 1. The Balaban J connectivity index is 2.14. The Bertz CT molecular complexity index is 991. The van der Waals surface area contributed by atoms with E-state index in [1.54, 1.807) is 32.0 Å². The Morgan fingerprint density at radius 2 is 1.71 bits per heavy atom.